The van der Waals surface area contributed by atoms with Gasteiger partial charge in [-0.2, -0.15) is 0 Å². The molecular formula is C11H19N3O2. The molecule has 1 aromatic rings. The number of aromatic nitrogens is 3. The number of rotatable bonds is 3. The van der Waals surface area contributed by atoms with E-state index in [0.29, 0.717) is 11.6 Å². The van der Waals surface area contributed by atoms with Crippen molar-refractivity contribution in [3.05, 3.63) is 11.9 Å². The summed E-state index contributed by atoms with van der Waals surface area (Å²) < 4.78 is 7.13. The Kier molecular flexibility index (Phi) is 3.25. The zero-order valence-electron chi connectivity index (χ0n) is 9.89. The van der Waals surface area contributed by atoms with E-state index in [4.69, 9.17) is 4.74 Å². The summed E-state index contributed by atoms with van der Waals surface area (Å²) in [6, 6.07) is 0. The molecule has 0 atom stereocenters. The molecule has 1 aliphatic rings. The van der Waals surface area contributed by atoms with Gasteiger partial charge in [0.15, 0.2) is 0 Å². The van der Waals surface area contributed by atoms with E-state index in [1.165, 1.54) is 0 Å². The Morgan fingerprint density at radius 1 is 1.50 bits per heavy atom. The van der Waals surface area contributed by atoms with Gasteiger partial charge in [-0.05, 0) is 32.6 Å². The minimum absolute atomic E-state index is 0.616. The van der Waals surface area contributed by atoms with Crippen LogP contribution in [-0.2, 0) is 16.9 Å². The molecular weight excluding hydrogens is 206 g/mol. The predicted molar refractivity (Wildman–Crippen MR) is 58.8 cm³/mol. The van der Waals surface area contributed by atoms with Gasteiger partial charge in [-0.25, -0.2) is 0 Å². The minimum Gasteiger partial charge on any atom is -0.384 e. The fraction of sp³-hybridized carbons (Fsp3) is 0.818. The summed E-state index contributed by atoms with van der Waals surface area (Å²) in [5.74, 6) is 0.616. The predicted octanol–water partition coefficient (Wildman–Crippen LogP) is 0.932. The number of hydrogen-bond acceptors (Lipinski definition) is 4. The first kappa shape index (κ1) is 11.5. The average Bonchev–Trinajstić information content (AvgIpc) is 2.67. The molecule has 1 saturated heterocycles. The van der Waals surface area contributed by atoms with Gasteiger partial charge in [0.1, 0.15) is 11.3 Å². The molecule has 0 aliphatic carbocycles. The van der Waals surface area contributed by atoms with Crippen LogP contribution in [0, 0.1) is 5.92 Å². The molecule has 90 valence electrons. The van der Waals surface area contributed by atoms with Crippen molar-refractivity contribution >= 4 is 0 Å². The van der Waals surface area contributed by atoms with Crippen LogP contribution < -0.4 is 0 Å². The molecule has 0 bridgehead atoms. The highest BCUT2D eigenvalue weighted by Gasteiger charge is 2.21. The Morgan fingerprint density at radius 2 is 2.19 bits per heavy atom. The molecule has 0 radical (unpaired) electrons. The van der Waals surface area contributed by atoms with Crippen molar-refractivity contribution in [2.75, 3.05) is 13.2 Å². The zero-order chi connectivity index (χ0) is 11.6. The average molecular weight is 225 g/mol. The van der Waals surface area contributed by atoms with Crippen molar-refractivity contribution < 1.29 is 9.84 Å². The number of aliphatic hydroxyl groups is 1. The van der Waals surface area contributed by atoms with Crippen LogP contribution in [0.25, 0.3) is 0 Å². The summed E-state index contributed by atoms with van der Waals surface area (Å²) in [5, 5.41) is 17.8. The molecule has 1 fully saturated rings. The molecule has 5 heteroatoms. The summed E-state index contributed by atoms with van der Waals surface area (Å²) >= 11 is 0. The smallest absolute Gasteiger partial charge is 0.114 e. The van der Waals surface area contributed by atoms with Gasteiger partial charge in [-0.3, -0.25) is 4.68 Å². The maximum Gasteiger partial charge on any atom is 0.114 e. The monoisotopic (exact) mass is 225 g/mol. The van der Waals surface area contributed by atoms with Crippen LogP contribution in [0.4, 0.5) is 0 Å². The largest absolute Gasteiger partial charge is 0.384 e. The van der Waals surface area contributed by atoms with E-state index in [-0.39, 0.29) is 0 Å². The van der Waals surface area contributed by atoms with E-state index in [1.807, 2.05) is 10.9 Å². The highest BCUT2D eigenvalue weighted by atomic mass is 16.5. The lowest BCUT2D eigenvalue weighted by Crippen LogP contribution is -2.20. The van der Waals surface area contributed by atoms with Crippen LogP contribution in [-0.4, -0.2) is 33.3 Å². The van der Waals surface area contributed by atoms with Gasteiger partial charge in [0.2, 0.25) is 0 Å². The van der Waals surface area contributed by atoms with Crippen LogP contribution in [0.15, 0.2) is 6.20 Å². The number of ether oxygens (including phenoxy) is 1. The van der Waals surface area contributed by atoms with E-state index in [9.17, 15) is 5.11 Å². The van der Waals surface area contributed by atoms with Gasteiger partial charge in [0, 0.05) is 19.8 Å². The van der Waals surface area contributed by atoms with Gasteiger partial charge in [0.25, 0.3) is 0 Å². The summed E-state index contributed by atoms with van der Waals surface area (Å²) in [7, 11) is 0. The molecule has 2 heterocycles. The number of nitrogens with zero attached hydrogens (tertiary/aromatic N) is 3. The Labute approximate surface area is 95.4 Å². The van der Waals surface area contributed by atoms with Crippen LogP contribution in [0.2, 0.25) is 0 Å². The molecule has 1 aromatic heterocycles. The lowest BCUT2D eigenvalue weighted by Gasteiger charge is -2.21. The first-order valence-corrected chi connectivity index (χ1v) is 5.76. The van der Waals surface area contributed by atoms with E-state index < -0.39 is 5.60 Å². The molecule has 2 rings (SSSR count). The summed E-state index contributed by atoms with van der Waals surface area (Å²) in [4.78, 5) is 0. The van der Waals surface area contributed by atoms with Crippen molar-refractivity contribution in [2.24, 2.45) is 5.92 Å². The van der Waals surface area contributed by atoms with Crippen molar-refractivity contribution in [1.82, 2.24) is 15.0 Å². The van der Waals surface area contributed by atoms with Gasteiger partial charge >= 0.3 is 0 Å². The van der Waals surface area contributed by atoms with Gasteiger partial charge in [-0.15, -0.1) is 5.10 Å². The Balaban J connectivity index is 1.97. The molecule has 0 spiro atoms. The summed E-state index contributed by atoms with van der Waals surface area (Å²) in [6.07, 6.45) is 3.99. The highest BCUT2D eigenvalue weighted by molar-refractivity contribution is 5.02. The van der Waals surface area contributed by atoms with Crippen LogP contribution in [0.1, 0.15) is 32.4 Å². The standard InChI is InChI=1S/C11H19N3O2/c1-11(2,15)10-8-14(13-12-10)7-9-3-5-16-6-4-9/h8-9,15H,3-7H2,1-2H3. The fourth-order valence-corrected chi connectivity index (χ4v) is 1.86. The molecule has 0 unspecified atom stereocenters. The molecule has 1 aliphatic heterocycles. The molecule has 16 heavy (non-hydrogen) atoms. The topological polar surface area (TPSA) is 60.2 Å². The lowest BCUT2D eigenvalue weighted by atomic mass is 10.0. The molecule has 1 N–H and O–H groups in total. The quantitative estimate of drug-likeness (QED) is 0.831. The molecule has 5 nitrogen and oxygen atoms in total. The second-order valence-corrected chi connectivity index (χ2v) is 4.94. The third kappa shape index (κ3) is 2.80. The van der Waals surface area contributed by atoms with Gasteiger partial charge in [0.05, 0.1) is 6.20 Å². The van der Waals surface area contributed by atoms with Crippen LogP contribution in [0.3, 0.4) is 0 Å². The molecule has 0 amide bonds. The Bertz CT molecular complexity index is 337. The van der Waals surface area contributed by atoms with Gasteiger partial charge < -0.3 is 9.84 Å². The van der Waals surface area contributed by atoms with Crippen molar-refractivity contribution in [1.29, 1.82) is 0 Å². The Morgan fingerprint density at radius 3 is 2.75 bits per heavy atom. The third-order valence-electron chi connectivity index (χ3n) is 2.95. The van der Waals surface area contributed by atoms with Crippen LogP contribution in [0.5, 0.6) is 0 Å². The SMILES string of the molecule is CC(C)(O)c1cn(CC2CCOCC2)nn1. The lowest BCUT2D eigenvalue weighted by molar-refractivity contribution is 0.0598. The molecule has 0 aromatic carbocycles. The number of hydrogen-bond donors (Lipinski definition) is 1. The van der Waals surface area contributed by atoms with E-state index in [2.05, 4.69) is 10.3 Å². The van der Waals surface area contributed by atoms with Crippen molar-refractivity contribution in [3.63, 3.8) is 0 Å². The van der Waals surface area contributed by atoms with E-state index >= 15 is 0 Å². The highest BCUT2D eigenvalue weighted by Crippen LogP contribution is 2.19. The fourth-order valence-electron chi connectivity index (χ4n) is 1.86. The minimum atomic E-state index is -0.909. The first-order valence-electron chi connectivity index (χ1n) is 5.76. The second kappa shape index (κ2) is 4.51. The molecule has 0 saturated carbocycles. The van der Waals surface area contributed by atoms with Crippen LogP contribution >= 0.6 is 0 Å². The van der Waals surface area contributed by atoms with E-state index in [0.717, 1.165) is 32.6 Å². The maximum atomic E-state index is 9.77. The second-order valence-electron chi connectivity index (χ2n) is 4.94. The Hall–Kier alpha value is -0.940. The first-order chi connectivity index (χ1) is 7.55. The summed E-state index contributed by atoms with van der Waals surface area (Å²) in [5.41, 5.74) is -0.284. The zero-order valence-corrected chi connectivity index (χ0v) is 9.89. The van der Waals surface area contributed by atoms with Gasteiger partial charge in [-0.1, -0.05) is 5.21 Å². The van der Waals surface area contributed by atoms with Crippen molar-refractivity contribution in [3.8, 4) is 0 Å². The maximum absolute atomic E-state index is 9.77. The summed E-state index contributed by atoms with van der Waals surface area (Å²) in [6.45, 7) is 5.99. The van der Waals surface area contributed by atoms with E-state index in [1.54, 1.807) is 13.8 Å². The third-order valence-corrected chi connectivity index (χ3v) is 2.95. The normalized spacial score (nSPS) is 18.9. The van der Waals surface area contributed by atoms with Crippen molar-refractivity contribution in [2.45, 2.75) is 38.8 Å².